The maximum absolute atomic E-state index is 10.5. The summed E-state index contributed by atoms with van der Waals surface area (Å²) < 4.78 is 5.90. The highest BCUT2D eigenvalue weighted by Gasteiger charge is 2.47. The van der Waals surface area contributed by atoms with Gasteiger partial charge in [-0.15, -0.1) is 0 Å². The Balaban J connectivity index is 1.85. The number of carboxylic acids is 1. The van der Waals surface area contributed by atoms with E-state index in [1.807, 2.05) is 6.08 Å². The monoisotopic (exact) mass is 350 g/mol. The lowest BCUT2D eigenvalue weighted by Gasteiger charge is -2.13. The van der Waals surface area contributed by atoms with Gasteiger partial charge in [0.25, 0.3) is 0 Å². The van der Waals surface area contributed by atoms with E-state index in [2.05, 4.69) is 18.8 Å². The number of carbonyl (C=O) groups is 1. The van der Waals surface area contributed by atoms with Crippen molar-refractivity contribution in [1.29, 1.82) is 0 Å². The summed E-state index contributed by atoms with van der Waals surface area (Å²) in [5.74, 6) is 6.13. The Morgan fingerprint density at radius 1 is 1.40 bits per heavy atom. The number of allylic oxidation sites excluding steroid dienone is 2. The van der Waals surface area contributed by atoms with Crippen molar-refractivity contribution in [3.63, 3.8) is 0 Å². The first kappa shape index (κ1) is 19.8. The smallest absolute Gasteiger partial charge is 0.303 e. The Morgan fingerprint density at radius 3 is 2.92 bits per heavy atom. The zero-order chi connectivity index (χ0) is 18.2. The van der Waals surface area contributed by atoms with E-state index in [0.717, 1.165) is 31.4 Å². The van der Waals surface area contributed by atoms with Crippen LogP contribution in [0, 0.1) is 23.7 Å². The van der Waals surface area contributed by atoms with Crippen molar-refractivity contribution < 1.29 is 24.9 Å². The molecule has 0 aromatic rings. The number of ether oxygens (including phenoxy) is 1. The lowest BCUT2D eigenvalue weighted by atomic mass is 9.91. The quantitative estimate of drug-likeness (QED) is 0.463. The van der Waals surface area contributed by atoms with Gasteiger partial charge in [-0.3, -0.25) is 4.79 Å². The van der Waals surface area contributed by atoms with Gasteiger partial charge in [-0.05, 0) is 31.8 Å². The molecule has 1 saturated heterocycles. The number of carboxylic acid groups (broad SMARTS) is 1. The zero-order valence-electron chi connectivity index (χ0n) is 15.0. The summed E-state index contributed by atoms with van der Waals surface area (Å²) >= 11 is 0. The van der Waals surface area contributed by atoms with Crippen LogP contribution in [0.5, 0.6) is 0 Å². The molecule has 5 atom stereocenters. The van der Waals surface area contributed by atoms with Gasteiger partial charge >= 0.3 is 5.97 Å². The van der Waals surface area contributed by atoms with E-state index in [0.29, 0.717) is 25.7 Å². The minimum absolute atomic E-state index is 0.0164. The van der Waals surface area contributed by atoms with E-state index in [1.165, 1.54) is 0 Å². The van der Waals surface area contributed by atoms with Crippen LogP contribution in [0.15, 0.2) is 11.8 Å². The van der Waals surface area contributed by atoms with Gasteiger partial charge in [0, 0.05) is 25.2 Å². The molecule has 0 aromatic heterocycles. The first-order valence-corrected chi connectivity index (χ1v) is 9.46. The highest BCUT2D eigenvalue weighted by Crippen LogP contribution is 2.44. The van der Waals surface area contributed by atoms with Gasteiger partial charge in [-0.25, -0.2) is 0 Å². The SMILES string of the molecule is CCCCC[C@H](O)C#C[C@@H]1[C@H]2CC(=CCCCC(=O)O)O[C@H]2C[C@H]1O. The van der Waals surface area contributed by atoms with Crippen molar-refractivity contribution in [2.75, 3.05) is 0 Å². The Labute approximate surface area is 150 Å². The molecule has 25 heavy (non-hydrogen) atoms. The molecule has 0 bridgehead atoms. The van der Waals surface area contributed by atoms with Crippen molar-refractivity contribution in [3.05, 3.63) is 11.8 Å². The molecule has 2 aliphatic rings. The van der Waals surface area contributed by atoms with E-state index in [9.17, 15) is 15.0 Å². The largest absolute Gasteiger partial charge is 0.495 e. The van der Waals surface area contributed by atoms with Gasteiger partial charge in [-0.2, -0.15) is 0 Å². The van der Waals surface area contributed by atoms with E-state index < -0.39 is 18.2 Å². The number of hydrogen-bond donors (Lipinski definition) is 3. The van der Waals surface area contributed by atoms with Crippen molar-refractivity contribution >= 4 is 5.97 Å². The molecule has 1 saturated carbocycles. The number of fused-ring (bicyclic) bond motifs is 1. The second-order valence-electron chi connectivity index (χ2n) is 7.11. The number of aliphatic hydroxyl groups is 2. The third-order valence-electron chi connectivity index (χ3n) is 5.03. The lowest BCUT2D eigenvalue weighted by molar-refractivity contribution is -0.137. The average Bonchev–Trinajstić information content (AvgIpc) is 3.06. The van der Waals surface area contributed by atoms with Crippen LogP contribution in [-0.4, -0.2) is 39.6 Å². The molecule has 1 aliphatic heterocycles. The third kappa shape index (κ3) is 6.05. The summed E-state index contributed by atoms with van der Waals surface area (Å²) in [7, 11) is 0. The first-order valence-electron chi connectivity index (χ1n) is 9.46. The number of hydrogen-bond acceptors (Lipinski definition) is 4. The molecule has 1 aliphatic carbocycles. The fraction of sp³-hybridized carbons (Fsp3) is 0.750. The molecule has 0 amide bonds. The molecule has 140 valence electrons. The van der Waals surface area contributed by atoms with Crippen LogP contribution in [0.3, 0.4) is 0 Å². The molecule has 0 unspecified atom stereocenters. The molecule has 1 heterocycles. The van der Waals surface area contributed by atoms with E-state index in [-0.39, 0.29) is 24.4 Å². The Kier molecular flexibility index (Phi) is 7.80. The first-order chi connectivity index (χ1) is 12.0. The summed E-state index contributed by atoms with van der Waals surface area (Å²) in [6.07, 6.45) is 7.47. The highest BCUT2D eigenvalue weighted by atomic mass is 16.5. The van der Waals surface area contributed by atoms with Crippen LogP contribution in [0.25, 0.3) is 0 Å². The van der Waals surface area contributed by atoms with Gasteiger partial charge in [-0.1, -0.05) is 31.6 Å². The number of unbranched alkanes of at least 4 members (excludes halogenated alkanes) is 3. The van der Waals surface area contributed by atoms with Crippen LogP contribution in [0.2, 0.25) is 0 Å². The molecule has 0 spiro atoms. The van der Waals surface area contributed by atoms with Gasteiger partial charge in [0.2, 0.25) is 0 Å². The second-order valence-corrected chi connectivity index (χ2v) is 7.11. The lowest BCUT2D eigenvalue weighted by Crippen LogP contribution is -2.18. The zero-order valence-corrected chi connectivity index (χ0v) is 15.0. The summed E-state index contributed by atoms with van der Waals surface area (Å²) in [6, 6.07) is 0. The number of aliphatic carboxylic acids is 1. The minimum Gasteiger partial charge on any atom is -0.495 e. The van der Waals surface area contributed by atoms with Crippen LogP contribution < -0.4 is 0 Å². The molecular weight excluding hydrogens is 320 g/mol. The molecule has 3 N–H and O–H groups in total. The Bertz CT molecular complexity index is 530. The summed E-state index contributed by atoms with van der Waals surface area (Å²) in [4.78, 5) is 10.5. The predicted octanol–water partition coefficient (Wildman–Crippen LogP) is 2.86. The minimum atomic E-state index is -0.779. The van der Waals surface area contributed by atoms with Crippen LogP contribution in [0.4, 0.5) is 0 Å². The Hall–Kier alpha value is -1.51. The third-order valence-corrected chi connectivity index (χ3v) is 5.03. The van der Waals surface area contributed by atoms with Crippen molar-refractivity contribution in [3.8, 4) is 11.8 Å². The van der Waals surface area contributed by atoms with E-state index in [1.54, 1.807) is 0 Å². The molecule has 0 radical (unpaired) electrons. The van der Waals surface area contributed by atoms with E-state index >= 15 is 0 Å². The van der Waals surface area contributed by atoms with E-state index in [4.69, 9.17) is 9.84 Å². The highest BCUT2D eigenvalue weighted by molar-refractivity contribution is 5.66. The normalized spacial score (nSPS) is 30.4. The predicted molar refractivity (Wildman–Crippen MR) is 94.6 cm³/mol. The van der Waals surface area contributed by atoms with Crippen molar-refractivity contribution in [1.82, 2.24) is 0 Å². The van der Waals surface area contributed by atoms with Crippen LogP contribution in [-0.2, 0) is 9.53 Å². The fourth-order valence-electron chi connectivity index (χ4n) is 3.65. The van der Waals surface area contributed by atoms with Gasteiger partial charge in [0.05, 0.1) is 17.8 Å². The van der Waals surface area contributed by atoms with Gasteiger partial charge < -0.3 is 20.1 Å². The average molecular weight is 350 g/mol. The molecular formula is C20H30O5. The van der Waals surface area contributed by atoms with Gasteiger partial charge in [0.1, 0.15) is 12.2 Å². The fourth-order valence-corrected chi connectivity index (χ4v) is 3.65. The van der Waals surface area contributed by atoms with Crippen LogP contribution in [0.1, 0.15) is 64.7 Å². The Morgan fingerprint density at radius 2 is 2.20 bits per heavy atom. The van der Waals surface area contributed by atoms with Gasteiger partial charge in [0.15, 0.2) is 0 Å². The summed E-state index contributed by atoms with van der Waals surface area (Å²) in [6.45, 7) is 2.12. The summed E-state index contributed by atoms with van der Waals surface area (Å²) in [5.41, 5.74) is 0. The topological polar surface area (TPSA) is 87.0 Å². The number of aliphatic hydroxyl groups excluding tert-OH is 2. The van der Waals surface area contributed by atoms with Crippen LogP contribution >= 0.6 is 0 Å². The maximum Gasteiger partial charge on any atom is 0.303 e. The molecule has 2 fully saturated rings. The molecule has 5 nitrogen and oxygen atoms in total. The molecule has 2 rings (SSSR count). The van der Waals surface area contributed by atoms with Crippen molar-refractivity contribution in [2.24, 2.45) is 11.8 Å². The second kappa shape index (κ2) is 9.84. The number of rotatable bonds is 8. The molecule has 0 aromatic carbocycles. The molecule has 5 heteroatoms. The maximum atomic E-state index is 10.5. The van der Waals surface area contributed by atoms with Crippen molar-refractivity contribution in [2.45, 2.75) is 83.0 Å². The summed E-state index contributed by atoms with van der Waals surface area (Å²) in [5, 5.41) is 28.8. The standard InChI is InChI=1S/C20H30O5/c1-2-3-4-7-14(21)10-11-16-17-12-15(8-5-6-9-20(23)24)25-19(17)13-18(16)22/h8,14,16-19,21-22H,2-7,9,12-13H2,1H3,(H,23,24)/t14-,16+,17+,18+,19-/m0/s1.